The number of nitrogens with zero attached hydrogens (tertiary/aromatic N) is 3. The minimum atomic E-state index is -0.661. The van der Waals surface area contributed by atoms with Crippen molar-refractivity contribution in [2.24, 2.45) is 0 Å². The van der Waals surface area contributed by atoms with Crippen molar-refractivity contribution in [2.45, 2.75) is 45.3 Å². The number of thioether (sulfide) groups is 1. The van der Waals surface area contributed by atoms with E-state index in [-0.39, 0.29) is 24.7 Å². The summed E-state index contributed by atoms with van der Waals surface area (Å²) >= 11 is 1.61. The number of hydrogen-bond acceptors (Lipinski definition) is 8. The van der Waals surface area contributed by atoms with Gasteiger partial charge >= 0.3 is 12.0 Å². The highest BCUT2D eigenvalue weighted by Gasteiger charge is 2.28. The summed E-state index contributed by atoms with van der Waals surface area (Å²) in [6, 6.07) is 0.817. The molecule has 2 amide bonds. The van der Waals surface area contributed by atoms with E-state index in [1.807, 2.05) is 27.0 Å². The zero-order valence-electron chi connectivity index (χ0n) is 18.3. The van der Waals surface area contributed by atoms with Gasteiger partial charge in [-0.3, -0.25) is 0 Å². The van der Waals surface area contributed by atoms with Crippen LogP contribution >= 0.6 is 11.8 Å². The van der Waals surface area contributed by atoms with Crippen LogP contribution in [-0.2, 0) is 14.3 Å². The summed E-state index contributed by atoms with van der Waals surface area (Å²) < 4.78 is 16.4. The Kier molecular flexibility index (Phi) is 9.64. The summed E-state index contributed by atoms with van der Waals surface area (Å²) in [4.78, 5) is 35.1. The molecule has 9 nitrogen and oxygen atoms in total. The number of carbonyl (C=O) groups is 2. The number of nitrogens with one attached hydrogen (secondary N) is 1. The summed E-state index contributed by atoms with van der Waals surface area (Å²) in [5.74, 6) is 1.74. The number of amides is 2. The molecule has 0 aliphatic carbocycles. The zero-order valence-corrected chi connectivity index (χ0v) is 19.2. The summed E-state index contributed by atoms with van der Waals surface area (Å²) in [5.41, 5.74) is 0.841. The predicted octanol–water partition coefficient (Wildman–Crippen LogP) is 1.99. The first-order chi connectivity index (χ1) is 14.3. The SMILES string of the molecule is COC(=O)[C@H](CCSC)NC(=O)N1CCOC(COc2cc(C)nc(C(C)C)n2)C1. The number of urea groups is 1. The molecule has 2 atom stereocenters. The van der Waals surface area contributed by atoms with Crippen LogP contribution in [0.4, 0.5) is 4.79 Å². The monoisotopic (exact) mass is 440 g/mol. The predicted molar refractivity (Wildman–Crippen MR) is 115 cm³/mol. The maximum absolute atomic E-state index is 12.7. The van der Waals surface area contributed by atoms with Crippen molar-refractivity contribution in [2.75, 3.05) is 45.4 Å². The Morgan fingerprint density at radius 1 is 1.40 bits per heavy atom. The molecule has 1 N–H and O–H groups in total. The molecule has 1 unspecified atom stereocenters. The lowest BCUT2D eigenvalue weighted by molar-refractivity contribution is -0.143. The van der Waals surface area contributed by atoms with Gasteiger partial charge in [0.25, 0.3) is 0 Å². The second-order valence-corrected chi connectivity index (χ2v) is 8.40. The minimum Gasteiger partial charge on any atom is -0.475 e. The molecule has 0 spiro atoms. The van der Waals surface area contributed by atoms with Crippen molar-refractivity contribution in [1.29, 1.82) is 0 Å². The lowest BCUT2D eigenvalue weighted by Crippen LogP contribution is -2.54. The number of morpholine rings is 1. The first-order valence-electron chi connectivity index (χ1n) is 10.1. The van der Waals surface area contributed by atoms with Crippen molar-refractivity contribution in [1.82, 2.24) is 20.2 Å². The molecule has 1 aromatic heterocycles. The maximum atomic E-state index is 12.7. The van der Waals surface area contributed by atoms with Gasteiger partial charge in [-0.15, -0.1) is 0 Å². The highest BCUT2D eigenvalue weighted by atomic mass is 32.2. The van der Waals surface area contributed by atoms with Gasteiger partial charge in [-0.05, 0) is 25.4 Å². The average Bonchev–Trinajstić information content (AvgIpc) is 2.74. The zero-order chi connectivity index (χ0) is 22.1. The van der Waals surface area contributed by atoms with Gasteiger partial charge in [0.1, 0.15) is 24.6 Å². The first-order valence-corrected chi connectivity index (χ1v) is 11.5. The molecule has 1 fully saturated rings. The highest BCUT2D eigenvalue weighted by Crippen LogP contribution is 2.16. The van der Waals surface area contributed by atoms with Crippen LogP contribution in [0.25, 0.3) is 0 Å². The van der Waals surface area contributed by atoms with Gasteiger partial charge in [0.15, 0.2) is 0 Å². The van der Waals surface area contributed by atoms with Crippen molar-refractivity contribution in [3.63, 3.8) is 0 Å². The van der Waals surface area contributed by atoms with Crippen LogP contribution in [0, 0.1) is 6.92 Å². The van der Waals surface area contributed by atoms with Crippen LogP contribution in [0.15, 0.2) is 6.07 Å². The lowest BCUT2D eigenvalue weighted by atomic mass is 10.2. The summed E-state index contributed by atoms with van der Waals surface area (Å²) in [6.07, 6.45) is 2.18. The Morgan fingerprint density at radius 2 is 2.17 bits per heavy atom. The second kappa shape index (κ2) is 11.9. The normalized spacial score (nSPS) is 17.5. The largest absolute Gasteiger partial charge is 0.475 e. The van der Waals surface area contributed by atoms with E-state index in [1.165, 1.54) is 7.11 Å². The number of hydrogen-bond donors (Lipinski definition) is 1. The van der Waals surface area contributed by atoms with Crippen molar-refractivity contribution < 1.29 is 23.8 Å². The average molecular weight is 441 g/mol. The molecule has 1 aromatic rings. The first kappa shape index (κ1) is 24.2. The van der Waals surface area contributed by atoms with E-state index in [0.717, 1.165) is 17.3 Å². The Hall–Kier alpha value is -2.07. The molecule has 1 aliphatic heterocycles. The van der Waals surface area contributed by atoms with E-state index in [2.05, 4.69) is 15.3 Å². The van der Waals surface area contributed by atoms with E-state index in [1.54, 1.807) is 22.7 Å². The van der Waals surface area contributed by atoms with Crippen LogP contribution in [0.3, 0.4) is 0 Å². The third-order valence-corrected chi connectivity index (χ3v) is 5.25. The van der Waals surface area contributed by atoms with Gasteiger partial charge < -0.3 is 24.4 Å². The Labute approximate surface area is 182 Å². The quantitative estimate of drug-likeness (QED) is 0.582. The number of esters is 1. The molecule has 0 bridgehead atoms. The highest BCUT2D eigenvalue weighted by molar-refractivity contribution is 7.98. The summed E-state index contributed by atoms with van der Waals surface area (Å²) in [5, 5.41) is 2.78. The van der Waals surface area contributed by atoms with E-state index in [9.17, 15) is 9.59 Å². The summed E-state index contributed by atoms with van der Waals surface area (Å²) in [7, 11) is 1.32. The fraction of sp³-hybridized carbons (Fsp3) is 0.700. The third kappa shape index (κ3) is 7.32. The number of methoxy groups -OCH3 is 1. The Morgan fingerprint density at radius 3 is 2.83 bits per heavy atom. The molecule has 168 valence electrons. The van der Waals surface area contributed by atoms with Crippen LogP contribution in [0.2, 0.25) is 0 Å². The topological polar surface area (TPSA) is 103 Å². The van der Waals surface area contributed by atoms with Crippen LogP contribution in [0.1, 0.15) is 37.7 Å². The molecule has 1 aliphatic rings. The van der Waals surface area contributed by atoms with E-state index in [0.29, 0.717) is 32.0 Å². The smallest absolute Gasteiger partial charge is 0.328 e. The van der Waals surface area contributed by atoms with E-state index < -0.39 is 12.0 Å². The van der Waals surface area contributed by atoms with Gasteiger partial charge in [0, 0.05) is 24.2 Å². The fourth-order valence-electron chi connectivity index (χ4n) is 2.94. The van der Waals surface area contributed by atoms with Crippen molar-refractivity contribution in [3.05, 3.63) is 17.6 Å². The maximum Gasteiger partial charge on any atom is 0.328 e. The third-order valence-electron chi connectivity index (χ3n) is 4.60. The standard InChI is InChI=1S/C20H32N4O5S/c1-13(2)18-21-14(3)10-17(23-18)29-12-15-11-24(7-8-28-15)20(26)22-16(6-9-30-5)19(25)27-4/h10,13,15-16H,6-9,11-12H2,1-5H3,(H,22,26)/t15?,16-/m0/s1. The van der Waals surface area contributed by atoms with Crippen molar-refractivity contribution >= 4 is 23.8 Å². The van der Waals surface area contributed by atoms with Gasteiger partial charge in [-0.2, -0.15) is 16.7 Å². The number of ether oxygens (including phenoxy) is 3. The number of rotatable bonds is 9. The van der Waals surface area contributed by atoms with Crippen LogP contribution in [0.5, 0.6) is 5.88 Å². The number of carbonyl (C=O) groups excluding carboxylic acids is 2. The number of aryl methyl sites for hydroxylation is 1. The van der Waals surface area contributed by atoms with Crippen molar-refractivity contribution in [3.8, 4) is 5.88 Å². The summed E-state index contributed by atoms with van der Waals surface area (Å²) in [6.45, 7) is 7.44. The molecule has 10 heteroatoms. The van der Waals surface area contributed by atoms with Crippen LogP contribution < -0.4 is 10.1 Å². The Bertz CT molecular complexity index is 718. The molecule has 0 aromatic carbocycles. The van der Waals surface area contributed by atoms with Gasteiger partial charge in [-0.25, -0.2) is 14.6 Å². The molecular weight excluding hydrogens is 408 g/mol. The fourth-order valence-corrected chi connectivity index (χ4v) is 3.42. The molecule has 0 radical (unpaired) electrons. The van der Waals surface area contributed by atoms with Gasteiger partial charge in [-0.1, -0.05) is 13.8 Å². The molecule has 2 rings (SSSR count). The lowest BCUT2D eigenvalue weighted by Gasteiger charge is -2.33. The molecule has 1 saturated heterocycles. The molecular formula is C20H32N4O5S. The Balaban J connectivity index is 1.91. The van der Waals surface area contributed by atoms with E-state index >= 15 is 0 Å². The van der Waals surface area contributed by atoms with Gasteiger partial charge in [0.2, 0.25) is 5.88 Å². The molecule has 30 heavy (non-hydrogen) atoms. The van der Waals surface area contributed by atoms with Crippen LogP contribution in [-0.4, -0.2) is 84.4 Å². The minimum absolute atomic E-state index is 0.200. The van der Waals surface area contributed by atoms with E-state index in [4.69, 9.17) is 14.2 Å². The molecule has 2 heterocycles. The molecule has 0 saturated carbocycles. The number of aromatic nitrogens is 2. The second-order valence-electron chi connectivity index (χ2n) is 7.42. The van der Waals surface area contributed by atoms with Gasteiger partial charge in [0.05, 0.1) is 20.3 Å².